The highest BCUT2D eigenvalue weighted by Crippen LogP contribution is 2.39. The molecule has 7 rings (SSSR count). The van der Waals surface area contributed by atoms with Crippen molar-refractivity contribution in [2.75, 3.05) is 44.3 Å². The Morgan fingerprint density at radius 1 is 0.976 bits per heavy atom. The first-order valence-corrected chi connectivity index (χ1v) is 14.9. The van der Waals surface area contributed by atoms with Gasteiger partial charge in [-0.25, -0.2) is 15.0 Å². The quantitative estimate of drug-likeness (QED) is 0.239. The van der Waals surface area contributed by atoms with Crippen molar-refractivity contribution < 1.29 is 0 Å². The molecule has 1 aliphatic heterocycles. The van der Waals surface area contributed by atoms with Gasteiger partial charge in [0.25, 0.3) is 0 Å². The van der Waals surface area contributed by atoms with Crippen molar-refractivity contribution in [1.82, 2.24) is 34.3 Å². The van der Waals surface area contributed by atoms with Crippen LogP contribution in [0, 0.1) is 6.92 Å². The molecule has 2 fully saturated rings. The zero-order chi connectivity index (χ0) is 28.1. The Balaban J connectivity index is 1.12. The minimum absolute atomic E-state index is 0.412. The van der Waals surface area contributed by atoms with Crippen LogP contribution in [0.4, 0.5) is 17.5 Å². The summed E-state index contributed by atoms with van der Waals surface area (Å²) in [7, 11) is 2.22. The highest BCUT2D eigenvalue weighted by atomic mass is 35.5. The summed E-state index contributed by atoms with van der Waals surface area (Å²) in [4.78, 5) is 22.2. The summed E-state index contributed by atoms with van der Waals surface area (Å²) in [5.74, 6) is 1.20. The minimum atomic E-state index is 0.412. The highest BCUT2D eigenvalue weighted by Gasteiger charge is 2.30. The van der Waals surface area contributed by atoms with Gasteiger partial charge in [-0.15, -0.1) is 0 Å². The van der Waals surface area contributed by atoms with Gasteiger partial charge in [0.15, 0.2) is 0 Å². The Labute approximate surface area is 244 Å². The highest BCUT2D eigenvalue weighted by molar-refractivity contribution is 6.32. The van der Waals surface area contributed by atoms with E-state index < -0.39 is 0 Å². The molecule has 0 amide bonds. The van der Waals surface area contributed by atoms with E-state index in [4.69, 9.17) is 22.3 Å². The summed E-state index contributed by atoms with van der Waals surface area (Å²) in [5.41, 5.74) is 13.3. The standard InChI is InChI=1S/C31H36ClN9/c1-19-15-26-27(16-25(19)32)38-31(37-26)36-21-5-3-20(4-6-21)24-17-41(30-28(24)29(33)34-18-35-30)23-9-7-22(8-10-23)40-13-11-39(2)12-14-40/h3-6,15-18,22-23H,7-14H2,1-2H3,(H2,33,34,35)(H2,36,37,38)/t22-,23+. The lowest BCUT2D eigenvalue weighted by atomic mass is 9.89. The molecule has 4 heterocycles. The van der Waals surface area contributed by atoms with Crippen LogP contribution >= 0.6 is 11.6 Å². The molecule has 1 aliphatic carbocycles. The van der Waals surface area contributed by atoms with E-state index in [1.54, 1.807) is 6.33 Å². The van der Waals surface area contributed by atoms with Crippen LogP contribution in [0.3, 0.4) is 0 Å². The molecule has 2 aliphatic rings. The van der Waals surface area contributed by atoms with E-state index in [0.29, 0.717) is 23.8 Å². The first-order chi connectivity index (χ1) is 19.9. The van der Waals surface area contributed by atoms with Gasteiger partial charge in [-0.3, -0.25) is 4.90 Å². The van der Waals surface area contributed by atoms with Gasteiger partial charge in [0.05, 0.1) is 16.4 Å². The third-order valence-corrected chi connectivity index (χ3v) is 9.38. The van der Waals surface area contributed by atoms with Gasteiger partial charge in [0.2, 0.25) is 5.95 Å². The van der Waals surface area contributed by atoms with Crippen molar-refractivity contribution in [3.8, 4) is 11.1 Å². The largest absolute Gasteiger partial charge is 0.383 e. The van der Waals surface area contributed by atoms with E-state index in [-0.39, 0.29) is 0 Å². The molecule has 0 atom stereocenters. The van der Waals surface area contributed by atoms with Gasteiger partial charge in [0, 0.05) is 60.7 Å². The molecular formula is C31H36ClN9. The van der Waals surface area contributed by atoms with Crippen LogP contribution in [-0.4, -0.2) is 73.6 Å². The third-order valence-electron chi connectivity index (χ3n) is 8.97. The van der Waals surface area contributed by atoms with Gasteiger partial charge < -0.3 is 25.5 Å². The molecule has 0 spiro atoms. The Bertz CT molecular complexity index is 1650. The molecule has 0 radical (unpaired) electrons. The lowest BCUT2D eigenvalue weighted by Crippen LogP contribution is -2.49. The molecular weight excluding hydrogens is 534 g/mol. The van der Waals surface area contributed by atoms with Crippen molar-refractivity contribution in [2.24, 2.45) is 0 Å². The summed E-state index contributed by atoms with van der Waals surface area (Å²) in [6.07, 6.45) is 8.56. The van der Waals surface area contributed by atoms with E-state index in [1.165, 1.54) is 39.0 Å². The molecule has 5 aromatic rings. The maximum Gasteiger partial charge on any atom is 0.205 e. The fourth-order valence-electron chi connectivity index (χ4n) is 6.56. The second-order valence-corrected chi connectivity index (χ2v) is 12.0. The van der Waals surface area contributed by atoms with Crippen LogP contribution < -0.4 is 11.1 Å². The Hall–Kier alpha value is -3.66. The summed E-state index contributed by atoms with van der Waals surface area (Å²) >= 11 is 6.29. The monoisotopic (exact) mass is 569 g/mol. The zero-order valence-corrected chi connectivity index (χ0v) is 24.3. The van der Waals surface area contributed by atoms with E-state index in [1.807, 2.05) is 19.1 Å². The van der Waals surface area contributed by atoms with Crippen LogP contribution in [0.15, 0.2) is 48.9 Å². The predicted molar refractivity (Wildman–Crippen MR) is 167 cm³/mol. The normalized spacial score (nSPS) is 20.7. The molecule has 3 aromatic heterocycles. The number of aryl methyl sites for hydroxylation is 1. The van der Waals surface area contributed by atoms with Crippen LogP contribution in [0.2, 0.25) is 5.02 Å². The number of rotatable bonds is 5. The fourth-order valence-corrected chi connectivity index (χ4v) is 6.72. The molecule has 4 N–H and O–H groups in total. The van der Waals surface area contributed by atoms with Crippen LogP contribution in [0.5, 0.6) is 0 Å². The molecule has 0 unspecified atom stereocenters. The van der Waals surface area contributed by atoms with E-state index >= 15 is 0 Å². The number of nitrogens with one attached hydrogen (secondary N) is 2. The zero-order valence-electron chi connectivity index (χ0n) is 23.6. The number of anilines is 3. The number of hydrogen-bond acceptors (Lipinski definition) is 7. The van der Waals surface area contributed by atoms with Crippen molar-refractivity contribution in [1.29, 1.82) is 0 Å². The fraction of sp³-hybridized carbons (Fsp3) is 0.387. The lowest BCUT2D eigenvalue weighted by molar-refractivity contribution is 0.0828. The minimum Gasteiger partial charge on any atom is -0.383 e. The average Bonchev–Trinajstić information content (AvgIpc) is 3.56. The number of aromatic nitrogens is 5. The molecule has 41 heavy (non-hydrogen) atoms. The van der Waals surface area contributed by atoms with Gasteiger partial charge in [0.1, 0.15) is 17.8 Å². The van der Waals surface area contributed by atoms with Crippen LogP contribution in [-0.2, 0) is 0 Å². The second kappa shape index (κ2) is 10.6. The SMILES string of the molecule is Cc1cc2nc(Nc3ccc(-c4cn([C@H]5CC[C@@H](N6CCN(C)CC6)CC5)c5ncnc(N)c45)cc3)[nH]c2cc1Cl. The van der Waals surface area contributed by atoms with Crippen molar-refractivity contribution in [3.05, 3.63) is 59.5 Å². The Morgan fingerprint density at radius 2 is 1.71 bits per heavy atom. The number of fused-ring (bicyclic) bond motifs is 2. The van der Waals surface area contributed by atoms with Gasteiger partial charge in [-0.1, -0.05) is 23.7 Å². The third kappa shape index (κ3) is 5.03. The maximum atomic E-state index is 6.45. The number of nitrogens with zero attached hydrogens (tertiary/aromatic N) is 6. The number of benzene rings is 2. The number of H-pyrrole nitrogens is 1. The van der Waals surface area contributed by atoms with Crippen molar-refractivity contribution in [3.63, 3.8) is 0 Å². The summed E-state index contributed by atoms with van der Waals surface area (Å²) in [6, 6.07) is 13.3. The van der Waals surface area contributed by atoms with Crippen molar-refractivity contribution in [2.45, 2.75) is 44.7 Å². The number of nitrogen functional groups attached to an aromatic ring is 1. The van der Waals surface area contributed by atoms with E-state index in [0.717, 1.165) is 62.3 Å². The number of imidazole rings is 1. The smallest absolute Gasteiger partial charge is 0.205 e. The summed E-state index contributed by atoms with van der Waals surface area (Å²) < 4.78 is 2.36. The molecule has 2 aromatic carbocycles. The number of piperazine rings is 1. The maximum absolute atomic E-state index is 6.45. The van der Waals surface area contributed by atoms with Crippen molar-refractivity contribution >= 4 is 51.1 Å². The van der Waals surface area contributed by atoms with Gasteiger partial charge >= 0.3 is 0 Å². The first kappa shape index (κ1) is 26.3. The second-order valence-electron chi connectivity index (χ2n) is 11.6. The molecule has 0 bridgehead atoms. The molecule has 1 saturated heterocycles. The van der Waals surface area contributed by atoms with Crippen LogP contribution in [0.1, 0.15) is 37.3 Å². The molecule has 1 saturated carbocycles. The molecule has 10 heteroatoms. The molecule has 212 valence electrons. The number of likely N-dealkylation sites (N-methyl/N-ethyl adjacent to an activating group) is 1. The number of halogens is 1. The predicted octanol–water partition coefficient (Wildman–Crippen LogP) is 5.99. The van der Waals surface area contributed by atoms with Gasteiger partial charge in [-0.2, -0.15) is 0 Å². The van der Waals surface area contributed by atoms with E-state index in [2.05, 4.69) is 72.1 Å². The first-order valence-electron chi connectivity index (χ1n) is 14.5. The summed E-state index contributed by atoms with van der Waals surface area (Å²) in [6.45, 7) is 6.69. The van der Waals surface area contributed by atoms with Crippen LogP contribution in [0.25, 0.3) is 33.2 Å². The Kier molecular flexibility index (Phi) is 6.81. The number of aromatic amines is 1. The number of nitrogens with two attached hydrogens (primary N) is 1. The lowest BCUT2D eigenvalue weighted by Gasteiger charge is -2.41. The van der Waals surface area contributed by atoms with E-state index in [9.17, 15) is 0 Å². The molecule has 9 nitrogen and oxygen atoms in total. The topological polar surface area (TPSA) is 104 Å². The average molecular weight is 570 g/mol. The summed E-state index contributed by atoms with van der Waals surface area (Å²) in [5, 5.41) is 5.03. The van der Waals surface area contributed by atoms with Gasteiger partial charge in [-0.05, 0) is 75.0 Å². The number of hydrogen-bond donors (Lipinski definition) is 3. The Morgan fingerprint density at radius 3 is 2.46 bits per heavy atom.